The van der Waals surface area contributed by atoms with E-state index in [2.05, 4.69) is 31.0 Å². The average Bonchev–Trinajstić information content (AvgIpc) is 3.22. The molecular weight excluding hydrogens is 350 g/mol. The SMILES string of the molecule is C#C[C@]1(O)CC[C@H]2[C@@H]3CCC4=Cc5oncc5C[C@]4(C)[C@H]3CC[C@@]21C.CCO. The Morgan fingerprint density at radius 3 is 2.68 bits per heavy atom. The number of hydrogen-bond donors (Lipinski definition) is 2. The fraction of sp³-hybridized carbons (Fsp3) is 0.708. The molecule has 0 aromatic carbocycles. The third-order valence-corrected chi connectivity index (χ3v) is 8.67. The van der Waals surface area contributed by atoms with Crippen LogP contribution in [0, 0.1) is 40.9 Å². The van der Waals surface area contributed by atoms with Gasteiger partial charge in [0.2, 0.25) is 0 Å². The third kappa shape index (κ3) is 2.56. The Hall–Kier alpha value is -1.57. The molecule has 1 aromatic rings. The third-order valence-electron chi connectivity index (χ3n) is 8.67. The zero-order chi connectivity index (χ0) is 20.2. The zero-order valence-electron chi connectivity index (χ0n) is 17.4. The van der Waals surface area contributed by atoms with Crippen LogP contribution in [0.1, 0.15) is 70.6 Å². The second-order valence-electron chi connectivity index (χ2n) is 9.71. The molecule has 152 valence electrons. The van der Waals surface area contributed by atoms with Crippen molar-refractivity contribution in [2.24, 2.45) is 28.6 Å². The molecule has 5 rings (SSSR count). The highest BCUT2D eigenvalue weighted by molar-refractivity contribution is 5.57. The second kappa shape index (κ2) is 6.75. The van der Waals surface area contributed by atoms with Crippen molar-refractivity contribution >= 4 is 6.08 Å². The summed E-state index contributed by atoms with van der Waals surface area (Å²) >= 11 is 0. The fourth-order valence-corrected chi connectivity index (χ4v) is 7.14. The summed E-state index contributed by atoms with van der Waals surface area (Å²) in [4.78, 5) is 0. The van der Waals surface area contributed by atoms with E-state index in [0.717, 1.165) is 44.3 Å². The van der Waals surface area contributed by atoms with Crippen LogP contribution in [0.5, 0.6) is 0 Å². The second-order valence-corrected chi connectivity index (χ2v) is 9.71. The molecule has 0 unspecified atom stereocenters. The van der Waals surface area contributed by atoms with Gasteiger partial charge in [0, 0.05) is 17.6 Å². The van der Waals surface area contributed by atoms with E-state index >= 15 is 0 Å². The number of allylic oxidation sites excluding steroid dienone is 1. The van der Waals surface area contributed by atoms with Crippen molar-refractivity contribution in [2.45, 2.75) is 71.3 Å². The first-order valence-electron chi connectivity index (χ1n) is 10.8. The van der Waals surface area contributed by atoms with Gasteiger partial charge in [-0.05, 0) is 81.1 Å². The van der Waals surface area contributed by atoms with Crippen LogP contribution in [0.2, 0.25) is 0 Å². The topological polar surface area (TPSA) is 66.5 Å². The number of fused-ring (bicyclic) bond motifs is 6. The van der Waals surface area contributed by atoms with Crippen molar-refractivity contribution in [3.05, 3.63) is 23.1 Å². The van der Waals surface area contributed by atoms with Gasteiger partial charge in [-0.15, -0.1) is 6.42 Å². The molecule has 1 heterocycles. The summed E-state index contributed by atoms with van der Waals surface area (Å²) in [6.45, 7) is 6.64. The summed E-state index contributed by atoms with van der Waals surface area (Å²) in [7, 11) is 0. The maximum absolute atomic E-state index is 11.1. The molecule has 1 aromatic heterocycles. The number of hydrogen-bond acceptors (Lipinski definition) is 4. The number of rotatable bonds is 0. The number of nitrogens with zero attached hydrogens (tertiary/aromatic N) is 1. The van der Waals surface area contributed by atoms with Gasteiger partial charge in [0.1, 0.15) is 5.60 Å². The summed E-state index contributed by atoms with van der Waals surface area (Å²) in [6.07, 6.45) is 17.4. The van der Waals surface area contributed by atoms with Crippen molar-refractivity contribution in [3.63, 3.8) is 0 Å². The summed E-state index contributed by atoms with van der Waals surface area (Å²) in [5.74, 6) is 5.64. The van der Waals surface area contributed by atoms with E-state index in [1.54, 1.807) is 12.5 Å². The molecule has 4 aliphatic carbocycles. The Morgan fingerprint density at radius 1 is 1.25 bits per heavy atom. The first-order chi connectivity index (χ1) is 13.3. The molecule has 4 heteroatoms. The summed E-state index contributed by atoms with van der Waals surface area (Å²) in [5.41, 5.74) is 1.99. The van der Waals surface area contributed by atoms with E-state index < -0.39 is 5.60 Å². The number of aliphatic hydroxyl groups is 2. The van der Waals surface area contributed by atoms with Crippen LogP contribution < -0.4 is 0 Å². The summed E-state index contributed by atoms with van der Waals surface area (Å²) in [5, 5.41) is 22.7. The molecule has 0 amide bonds. The molecule has 2 N–H and O–H groups in total. The van der Waals surface area contributed by atoms with E-state index in [0.29, 0.717) is 17.8 Å². The van der Waals surface area contributed by atoms with Gasteiger partial charge in [0.25, 0.3) is 0 Å². The fourth-order valence-electron chi connectivity index (χ4n) is 7.14. The maximum atomic E-state index is 11.1. The van der Waals surface area contributed by atoms with Gasteiger partial charge < -0.3 is 14.7 Å². The first kappa shape index (κ1) is 19.7. The molecule has 0 saturated heterocycles. The van der Waals surface area contributed by atoms with Crippen LogP contribution in [0.3, 0.4) is 0 Å². The Labute approximate surface area is 168 Å². The van der Waals surface area contributed by atoms with Gasteiger partial charge in [-0.3, -0.25) is 0 Å². The molecule has 0 aliphatic heterocycles. The van der Waals surface area contributed by atoms with Crippen molar-refractivity contribution in [3.8, 4) is 12.3 Å². The molecule has 6 atom stereocenters. The minimum absolute atomic E-state index is 0.114. The monoisotopic (exact) mass is 383 g/mol. The van der Waals surface area contributed by atoms with E-state index in [1.807, 2.05) is 6.20 Å². The Kier molecular flexibility index (Phi) is 4.75. The van der Waals surface area contributed by atoms with Gasteiger partial charge in [-0.25, -0.2) is 0 Å². The van der Waals surface area contributed by atoms with Crippen LogP contribution in [-0.4, -0.2) is 27.6 Å². The highest BCUT2D eigenvalue weighted by atomic mass is 16.5. The van der Waals surface area contributed by atoms with Crippen molar-refractivity contribution in [1.82, 2.24) is 5.16 Å². The van der Waals surface area contributed by atoms with E-state index in [-0.39, 0.29) is 17.4 Å². The van der Waals surface area contributed by atoms with Crippen molar-refractivity contribution in [2.75, 3.05) is 6.61 Å². The maximum Gasteiger partial charge on any atom is 0.162 e. The molecule has 4 aliphatic rings. The highest BCUT2D eigenvalue weighted by Crippen LogP contribution is 2.67. The molecule has 0 bridgehead atoms. The van der Waals surface area contributed by atoms with E-state index in [9.17, 15) is 5.11 Å². The normalized spacial score (nSPS) is 43.3. The van der Waals surface area contributed by atoms with Crippen LogP contribution in [0.25, 0.3) is 6.08 Å². The van der Waals surface area contributed by atoms with Crippen LogP contribution in [0.4, 0.5) is 0 Å². The zero-order valence-corrected chi connectivity index (χ0v) is 17.4. The standard InChI is InChI=1S/C22H27NO2.C2H6O/c1-4-22(24)10-8-18-16-6-5-15-11-19-14(13-23-25-19)12-20(15,2)17(16)7-9-21(18,22)3;1-2-3/h1,11,13,16-18,24H,5-10,12H2,2-3H3;3H,2H2,1H3/t16-,17+,18+,20+,21+,22+;/m1./s1. The summed E-state index contributed by atoms with van der Waals surface area (Å²) in [6, 6.07) is 0. The van der Waals surface area contributed by atoms with Crippen LogP contribution >= 0.6 is 0 Å². The van der Waals surface area contributed by atoms with Crippen molar-refractivity contribution in [1.29, 1.82) is 0 Å². The first-order valence-corrected chi connectivity index (χ1v) is 10.8. The molecule has 0 radical (unpaired) electrons. The van der Waals surface area contributed by atoms with E-state index in [1.165, 1.54) is 12.0 Å². The lowest BCUT2D eigenvalue weighted by Crippen LogP contribution is -2.54. The molecule has 3 fully saturated rings. The molecule has 0 spiro atoms. The number of aliphatic hydroxyl groups excluding tert-OH is 1. The number of terminal acetylenes is 1. The predicted molar refractivity (Wildman–Crippen MR) is 109 cm³/mol. The quantitative estimate of drug-likeness (QED) is 0.658. The van der Waals surface area contributed by atoms with Crippen LogP contribution in [0.15, 0.2) is 16.3 Å². The average molecular weight is 384 g/mol. The predicted octanol–water partition coefficient (Wildman–Crippen LogP) is 4.22. The minimum Gasteiger partial charge on any atom is -0.397 e. The Bertz CT molecular complexity index is 820. The highest BCUT2D eigenvalue weighted by Gasteiger charge is 2.63. The van der Waals surface area contributed by atoms with Gasteiger partial charge >= 0.3 is 0 Å². The lowest BCUT2D eigenvalue weighted by atomic mass is 9.46. The Balaban J connectivity index is 0.000000604. The van der Waals surface area contributed by atoms with Gasteiger partial charge in [0.15, 0.2) is 5.76 Å². The molecular formula is C24H33NO3. The molecule has 4 nitrogen and oxygen atoms in total. The molecule has 28 heavy (non-hydrogen) atoms. The molecule has 3 saturated carbocycles. The smallest absolute Gasteiger partial charge is 0.162 e. The van der Waals surface area contributed by atoms with Gasteiger partial charge in [-0.2, -0.15) is 0 Å². The number of aromatic nitrogens is 1. The lowest BCUT2D eigenvalue weighted by molar-refractivity contribution is -0.0975. The van der Waals surface area contributed by atoms with Gasteiger partial charge in [-0.1, -0.05) is 30.5 Å². The summed E-state index contributed by atoms with van der Waals surface area (Å²) < 4.78 is 5.43. The Morgan fingerprint density at radius 2 is 1.96 bits per heavy atom. The lowest BCUT2D eigenvalue weighted by Gasteiger charge is -2.58. The van der Waals surface area contributed by atoms with Crippen molar-refractivity contribution < 1.29 is 14.7 Å². The van der Waals surface area contributed by atoms with Crippen LogP contribution in [-0.2, 0) is 6.42 Å². The van der Waals surface area contributed by atoms with E-state index in [4.69, 9.17) is 16.1 Å². The minimum atomic E-state index is -0.909. The van der Waals surface area contributed by atoms with Gasteiger partial charge in [0.05, 0.1) is 6.20 Å². The largest absolute Gasteiger partial charge is 0.397 e.